The number of hydrogen-bond donors (Lipinski definition) is 0. The Bertz CT molecular complexity index is 2200. The van der Waals surface area contributed by atoms with Crippen LogP contribution < -0.4 is 9.64 Å². The molecule has 244 valence electrons. The summed E-state index contributed by atoms with van der Waals surface area (Å²) in [6.45, 7) is 5.74. The van der Waals surface area contributed by atoms with Crippen LogP contribution in [0.4, 0.5) is 14.6 Å². The molecule has 2 aliphatic heterocycles. The summed E-state index contributed by atoms with van der Waals surface area (Å²) < 4.78 is 38.4. The van der Waals surface area contributed by atoms with Crippen molar-refractivity contribution < 1.29 is 18.3 Å². The predicted molar refractivity (Wildman–Crippen MR) is 174 cm³/mol. The van der Waals surface area contributed by atoms with Crippen molar-refractivity contribution in [2.75, 3.05) is 25.0 Å². The Labute approximate surface area is 274 Å². The minimum atomic E-state index is -0.778. The molecule has 0 spiro atoms. The molecule has 0 radical (unpaired) electrons. The largest absolute Gasteiger partial charge is 0.458 e. The summed E-state index contributed by atoms with van der Waals surface area (Å²) in [5.41, 5.74) is 3.90. The van der Waals surface area contributed by atoms with Gasteiger partial charge in [-0.05, 0) is 30.7 Å². The molecule has 1 fully saturated rings. The average Bonchev–Trinajstić information content (AvgIpc) is 3.80. The maximum atomic E-state index is 14.8. The molecule has 6 heterocycles. The summed E-state index contributed by atoms with van der Waals surface area (Å²) in [5, 5.41) is 4.88. The predicted octanol–water partition coefficient (Wildman–Crippen LogP) is 4.91. The highest BCUT2D eigenvalue weighted by molar-refractivity contribution is 5.93. The van der Waals surface area contributed by atoms with Crippen LogP contribution in [0.3, 0.4) is 0 Å². The van der Waals surface area contributed by atoms with Gasteiger partial charge in [0.05, 0.1) is 34.9 Å². The lowest BCUT2D eigenvalue weighted by Crippen LogP contribution is -2.45. The highest BCUT2D eigenvalue weighted by Crippen LogP contribution is 2.35. The summed E-state index contributed by atoms with van der Waals surface area (Å²) in [6.07, 6.45) is 5.18. The van der Waals surface area contributed by atoms with Gasteiger partial charge in [-0.15, -0.1) is 0 Å². The number of rotatable bonds is 3. The second-order valence-corrected chi connectivity index (χ2v) is 12.5. The molecule has 1 amide bonds. The second-order valence-electron chi connectivity index (χ2n) is 12.5. The van der Waals surface area contributed by atoms with Crippen LogP contribution in [-0.4, -0.2) is 82.4 Å². The summed E-state index contributed by atoms with van der Waals surface area (Å²) in [5.74, 6) is 0.0574. The second kappa shape index (κ2) is 11.6. The molecule has 6 aromatic rings. The normalized spacial score (nSPS) is 18.4. The maximum Gasteiger partial charge on any atom is 0.317 e. The number of carbonyl (C=O) groups is 1. The van der Waals surface area contributed by atoms with Crippen LogP contribution in [0.15, 0.2) is 61.2 Å². The van der Waals surface area contributed by atoms with Gasteiger partial charge in [-0.25, -0.2) is 33.4 Å². The first-order valence-electron chi connectivity index (χ1n) is 15.9. The first-order valence-corrected chi connectivity index (χ1v) is 15.9. The third-order valence-electron chi connectivity index (χ3n) is 9.05. The zero-order chi connectivity index (χ0) is 33.1. The van der Waals surface area contributed by atoms with E-state index in [1.54, 1.807) is 11.1 Å². The Morgan fingerprint density at radius 2 is 1.90 bits per heavy atom. The van der Waals surface area contributed by atoms with Gasteiger partial charge in [0.2, 0.25) is 5.91 Å². The molecule has 48 heavy (non-hydrogen) atoms. The molecule has 8 rings (SSSR count). The smallest absolute Gasteiger partial charge is 0.317 e. The van der Waals surface area contributed by atoms with Crippen LogP contribution in [-0.2, 0) is 11.3 Å². The Kier molecular flexibility index (Phi) is 7.22. The lowest BCUT2D eigenvalue weighted by Gasteiger charge is -2.28. The number of imidazole rings is 1. The van der Waals surface area contributed by atoms with Gasteiger partial charge in [-0.2, -0.15) is 10.1 Å². The van der Waals surface area contributed by atoms with Crippen molar-refractivity contribution in [2.24, 2.45) is 0 Å². The molecular formula is C34H32F2N10O2. The Hall–Kier alpha value is -5.53. The number of aryl methyl sites for hydroxylation is 1. The van der Waals surface area contributed by atoms with E-state index < -0.39 is 23.8 Å². The van der Waals surface area contributed by atoms with Gasteiger partial charge in [-0.3, -0.25) is 4.79 Å². The number of benzene rings is 2. The van der Waals surface area contributed by atoms with Crippen LogP contribution >= 0.6 is 0 Å². The van der Waals surface area contributed by atoms with Crippen LogP contribution in [0.5, 0.6) is 6.01 Å². The number of halogens is 2. The van der Waals surface area contributed by atoms with Crippen molar-refractivity contribution in [2.45, 2.75) is 51.3 Å². The summed E-state index contributed by atoms with van der Waals surface area (Å²) >= 11 is 0. The van der Waals surface area contributed by atoms with E-state index in [2.05, 4.69) is 38.5 Å². The SMILES string of the molecule is CC(C)c1nc2cccc3c2n1CCCN(C)C(=O)[C@@H]1C[C@@H](CN1c1ncnc2c1cnn2-c1ccc(F)cc1F)Oc1nccc-3n1. The van der Waals surface area contributed by atoms with Gasteiger partial charge in [0, 0.05) is 50.3 Å². The van der Waals surface area contributed by atoms with E-state index in [-0.39, 0.29) is 23.5 Å². The topological polar surface area (TPSA) is 120 Å². The number of hydrogen-bond acceptors (Lipinski definition) is 9. The summed E-state index contributed by atoms with van der Waals surface area (Å²) in [6, 6.07) is 10.7. The Morgan fingerprint density at radius 3 is 2.73 bits per heavy atom. The molecule has 0 N–H and O–H groups in total. The number of fused-ring (bicyclic) bond motifs is 6. The third kappa shape index (κ3) is 4.98. The van der Waals surface area contributed by atoms with Gasteiger partial charge < -0.3 is 19.1 Å². The highest BCUT2D eigenvalue weighted by atomic mass is 19.1. The van der Waals surface area contributed by atoms with E-state index in [1.807, 2.05) is 36.2 Å². The van der Waals surface area contributed by atoms with Gasteiger partial charge in [0.25, 0.3) is 0 Å². The maximum absolute atomic E-state index is 14.8. The Balaban J connectivity index is 1.20. The van der Waals surface area contributed by atoms with E-state index in [4.69, 9.17) is 14.7 Å². The fraction of sp³-hybridized carbons (Fsp3) is 0.324. The van der Waals surface area contributed by atoms with Crippen molar-refractivity contribution >= 4 is 33.8 Å². The fourth-order valence-corrected chi connectivity index (χ4v) is 6.85. The number of para-hydroxylation sites is 1. The minimum absolute atomic E-state index is 0.0434. The summed E-state index contributed by atoms with van der Waals surface area (Å²) in [4.78, 5) is 41.0. The molecule has 2 aliphatic rings. The van der Waals surface area contributed by atoms with Crippen molar-refractivity contribution in [3.05, 3.63) is 78.6 Å². The van der Waals surface area contributed by atoms with Gasteiger partial charge in [-0.1, -0.05) is 26.0 Å². The van der Waals surface area contributed by atoms with Crippen LogP contribution in [0.25, 0.3) is 39.0 Å². The molecule has 0 aliphatic carbocycles. The van der Waals surface area contributed by atoms with Crippen LogP contribution in [0.2, 0.25) is 0 Å². The fourth-order valence-electron chi connectivity index (χ4n) is 6.85. The number of likely N-dealkylation sites (N-methyl/N-ethyl adjacent to an activating group) is 1. The number of carbonyl (C=O) groups excluding carboxylic acids is 1. The molecule has 0 saturated carbocycles. The van der Waals surface area contributed by atoms with Crippen molar-refractivity contribution in [3.63, 3.8) is 0 Å². The molecule has 14 heteroatoms. The van der Waals surface area contributed by atoms with Crippen molar-refractivity contribution in [1.82, 2.24) is 44.2 Å². The van der Waals surface area contributed by atoms with Gasteiger partial charge in [0.1, 0.15) is 41.6 Å². The van der Waals surface area contributed by atoms with Gasteiger partial charge >= 0.3 is 6.01 Å². The number of ether oxygens (including phenoxy) is 1. The summed E-state index contributed by atoms with van der Waals surface area (Å²) in [7, 11) is 1.81. The standard InChI is InChI=1S/C34H32F2N10O2/c1-19(2)30-41-26-7-4-6-22-25-10-11-37-34(42-25)48-21-15-28(33(47)43(3)12-5-13-44(30)29(22)26)45(17-21)31-23-16-40-46(32(23)39-18-38-31)27-9-8-20(35)14-24(27)36/h4,6-11,14,16,18-19,21,28H,5,12-13,15,17H2,1-3H3/t21-,28-/m0/s1. The molecule has 0 unspecified atom stereocenters. The number of amides is 1. The lowest BCUT2D eigenvalue weighted by atomic mass is 10.1. The van der Waals surface area contributed by atoms with Crippen LogP contribution in [0, 0.1) is 11.6 Å². The number of anilines is 1. The lowest BCUT2D eigenvalue weighted by molar-refractivity contribution is -0.131. The zero-order valence-electron chi connectivity index (χ0n) is 26.6. The van der Waals surface area contributed by atoms with Crippen molar-refractivity contribution in [1.29, 1.82) is 0 Å². The molecule has 4 bridgehead atoms. The number of aromatic nitrogens is 8. The third-order valence-corrected chi connectivity index (χ3v) is 9.05. The zero-order valence-corrected chi connectivity index (χ0v) is 26.6. The first kappa shape index (κ1) is 29.8. The highest BCUT2D eigenvalue weighted by Gasteiger charge is 2.41. The molecule has 2 aromatic carbocycles. The molecule has 4 aromatic heterocycles. The molecule has 12 nitrogen and oxygen atoms in total. The Morgan fingerprint density at radius 1 is 1.02 bits per heavy atom. The monoisotopic (exact) mass is 650 g/mol. The quantitative estimate of drug-likeness (QED) is 0.263. The number of nitrogens with zero attached hydrogens (tertiary/aromatic N) is 10. The first-order chi connectivity index (χ1) is 23.3. The minimum Gasteiger partial charge on any atom is -0.458 e. The van der Waals surface area contributed by atoms with E-state index in [9.17, 15) is 13.6 Å². The van der Waals surface area contributed by atoms with Gasteiger partial charge in [0.15, 0.2) is 11.5 Å². The van der Waals surface area contributed by atoms with E-state index in [1.165, 1.54) is 23.3 Å². The van der Waals surface area contributed by atoms with E-state index >= 15 is 0 Å². The molecular weight excluding hydrogens is 618 g/mol. The average molecular weight is 651 g/mol. The van der Waals surface area contributed by atoms with E-state index in [0.717, 1.165) is 40.2 Å². The van der Waals surface area contributed by atoms with Crippen LogP contribution in [0.1, 0.15) is 38.4 Å². The molecule has 2 atom stereocenters. The van der Waals surface area contributed by atoms with E-state index in [0.29, 0.717) is 49.3 Å². The van der Waals surface area contributed by atoms with Crippen molar-refractivity contribution in [3.8, 4) is 23.0 Å². The molecule has 1 saturated heterocycles.